The molecule has 0 aliphatic rings. The fourth-order valence-electron chi connectivity index (χ4n) is 2.95. The van der Waals surface area contributed by atoms with E-state index >= 15 is 0 Å². The van der Waals surface area contributed by atoms with Gasteiger partial charge < -0.3 is 10.6 Å². The number of rotatable bonds is 4. The molecular weight excluding hydrogens is 390 g/mol. The number of anilines is 2. The summed E-state index contributed by atoms with van der Waals surface area (Å²) in [4.78, 5) is 12.2. The van der Waals surface area contributed by atoms with Gasteiger partial charge >= 0.3 is 6.03 Å². The van der Waals surface area contributed by atoms with E-state index in [-0.39, 0.29) is 10.9 Å². The Hall–Kier alpha value is -3.69. The number of hydrogen-bond acceptors (Lipinski definition) is 4. The number of aromatic amines is 1. The lowest BCUT2D eigenvalue weighted by atomic mass is 10.1. The molecule has 0 aliphatic carbocycles. The van der Waals surface area contributed by atoms with Gasteiger partial charge in [0.15, 0.2) is 0 Å². The predicted octanol–water partition coefficient (Wildman–Crippen LogP) is 3.52. The van der Waals surface area contributed by atoms with Crippen LogP contribution in [0, 0.1) is 0 Å². The zero-order chi connectivity index (χ0) is 20.4. The van der Waals surface area contributed by atoms with Gasteiger partial charge in [0.1, 0.15) is 5.69 Å². The number of amides is 2. The molecule has 0 aliphatic heterocycles. The smallest absolute Gasteiger partial charge is 0.308 e. The van der Waals surface area contributed by atoms with Gasteiger partial charge in [0.2, 0.25) is 10.0 Å². The summed E-state index contributed by atoms with van der Waals surface area (Å²) in [5.74, 6) is 0. The number of benzene rings is 3. The van der Waals surface area contributed by atoms with E-state index < -0.39 is 10.0 Å². The van der Waals surface area contributed by atoms with E-state index in [9.17, 15) is 13.2 Å². The van der Waals surface area contributed by atoms with E-state index in [2.05, 4.69) is 20.8 Å². The van der Waals surface area contributed by atoms with Crippen LogP contribution in [0.2, 0.25) is 0 Å². The first-order valence-electron chi connectivity index (χ1n) is 8.64. The largest absolute Gasteiger partial charge is 0.323 e. The van der Waals surface area contributed by atoms with Gasteiger partial charge in [-0.1, -0.05) is 30.3 Å². The summed E-state index contributed by atoms with van der Waals surface area (Å²) in [6, 6.07) is 20.2. The average molecular weight is 407 g/mol. The van der Waals surface area contributed by atoms with Crippen molar-refractivity contribution in [3.05, 3.63) is 72.8 Å². The SMILES string of the molecule is NS(=O)(=O)c1cccc(-c2n[nH]c3ccc(NC(=O)Nc4ccccc4)cc23)c1. The third-order valence-electron chi connectivity index (χ3n) is 4.29. The molecule has 5 N–H and O–H groups in total. The second-order valence-corrected chi connectivity index (χ2v) is 7.91. The standard InChI is InChI=1S/C20H17N5O3S/c21-29(27,28)16-8-4-5-13(11-16)19-17-12-15(9-10-18(17)24-25-19)23-20(26)22-14-6-2-1-3-7-14/h1-12H,(H,24,25)(H2,21,27,28)(H2,22,23,26). The van der Waals surface area contributed by atoms with Gasteiger partial charge in [-0.05, 0) is 42.5 Å². The molecule has 1 heterocycles. The number of nitrogens with zero attached hydrogens (tertiary/aromatic N) is 1. The number of nitrogens with two attached hydrogens (primary N) is 1. The maximum Gasteiger partial charge on any atom is 0.323 e. The number of hydrogen-bond donors (Lipinski definition) is 4. The van der Waals surface area contributed by atoms with Crippen molar-refractivity contribution in [3.8, 4) is 11.3 Å². The number of carbonyl (C=O) groups excluding carboxylic acids is 1. The minimum atomic E-state index is -3.83. The predicted molar refractivity (Wildman–Crippen MR) is 112 cm³/mol. The summed E-state index contributed by atoms with van der Waals surface area (Å²) in [5.41, 5.74) is 3.13. The summed E-state index contributed by atoms with van der Waals surface area (Å²) in [7, 11) is -3.83. The van der Waals surface area contributed by atoms with Crippen LogP contribution in [-0.4, -0.2) is 24.6 Å². The van der Waals surface area contributed by atoms with E-state index in [4.69, 9.17) is 5.14 Å². The maximum atomic E-state index is 12.2. The van der Waals surface area contributed by atoms with Crippen LogP contribution in [0.15, 0.2) is 77.7 Å². The van der Waals surface area contributed by atoms with Gasteiger partial charge in [-0.3, -0.25) is 5.10 Å². The summed E-state index contributed by atoms with van der Waals surface area (Å²) in [5, 5.41) is 18.7. The monoisotopic (exact) mass is 407 g/mol. The van der Waals surface area contributed by atoms with Crippen molar-refractivity contribution in [2.24, 2.45) is 5.14 Å². The third-order valence-corrected chi connectivity index (χ3v) is 5.20. The lowest BCUT2D eigenvalue weighted by Gasteiger charge is -2.08. The number of fused-ring (bicyclic) bond motifs is 1. The van der Waals surface area contributed by atoms with Crippen molar-refractivity contribution >= 4 is 38.3 Å². The molecule has 1 aromatic heterocycles. The Labute approximate surface area is 166 Å². The second-order valence-electron chi connectivity index (χ2n) is 6.35. The van der Waals surface area contributed by atoms with Crippen molar-refractivity contribution in [2.75, 3.05) is 10.6 Å². The molecule has 4 aromatic rings. The highest BCUT2D eigenvalue weighted by atomic mass is 32.2. The number of carbonyl (C=O) groups is 1. The summed E-state index contributed by atoms with van der Waals surface area (Å²) in [6.07, 6.45) is 0. The van der Waals surface area contributed by atoms with E-state index in [1.165, 1.54) is 12.1 Å². The van der Waals surface area contributed by atoms with E-state index in [0.29, 0.717) is 22.6 Å². The van der Waals surface area contributed by atoms with Crippen LogP contribution in [0.3, 0.4) is 0 Å². The number of nitrogens with one attached hydrogen (secondary N) is 3. The van der Waals surface area contributed by atoms with Gasteiger partial charge in [-0.25, -0.2) is 18.4 Å². The fraction of sp³-hybridized carbons (Fsp3) is 0. The van der Waals surface area contributed by atoms with Crippen LogP contribution in [0.1, 0.15) is 0 Å². The first-order valence-corrected chi connectivity index (χ1v) is 10.2. The van der Waals surface area contributed by atoms with Gasteiger partial charge in [0.05, 0.1) is 10.4 Å². The number of sulfonamides is 1. The molecule has 0 saturated carbocycles. The number of H-pyrrole nitrogens is 1. The van der Waals surface area contributed by atoms with Gasteiger partial charge in [-0.2, -0.15) is 5.10 Å². The molecule has 0 saturated heterocycles. The third kappa shape index (κ3) is 4.10. The average Bonchev–Trinajstić information content (AvgIpc) is 3.11. The van der Waals surface area contributed by atoms with Gasteiger partial charge in [0.25, 0.3) is 0 Å². The lowest BCUT2D eigenvalue weighted by molar-refractivity contribution is 0.262. The second kappa shape index (κ2) is 7.38. The van der Waals surface area contributed by atoms with Crippen LogP contribution < -0.4 is 15.8 Å². The Morgan fingerprint density at radius 2 is 1.66 bits per heavy atom. The molecule has 2 amide bonds. The zero-order valence-corrected chi connectivity index (χ0v) is 15.9. The molecule has 0 unspecified atom stereocenters. The normalized spacial score (nSPS) is 11.3. The number of aromatic nitrogens is 2. The van der Waals surface area contributed by atoms with Crippen molar-refractivity contribution in [3.63, 3.8) is 0 Å². The Kier molecular flexibility index (Phi) is 4.75. The molecule has 0 atom stereocenters. The summed E-state index contributed by atoms with van der Waals surface area (Å²) in [6.45, 7) is 0. The highest BCUT2D eigenvalue weighted by Gasteiger charge is 2.13. The Balaban J connectivity index is 1.64. The molecule has 0 fully saturated rings. The molecule has 4 rings (SSSR count). The molecule has 146 valence electrons. The summed E-state index contributed by atoms with van der Waals surface area (Å²) < 4.78 is 23.3. The summed E-state index contributed by atoms with van der Waals surface area (Å²) >= 11 is 0. The molecular formula is C20H17N5O3S. The number of para-hydroxylation sites is 1. The van der Waals surface area contributed by atoms with Crippen molar-refractivity contribution in [1.82, 2.24) is 10.2 Å². The molecule has 8 nitrogen and oxygen atoms in total. The minimum absolute atomic E-state index is 0.00247. The highest BCUT2D eigenvalue weighted by molar-refractivity contribution is 7.89. The number of primary sulfonamides is 1. The Bertz CT molecular complexity index is 1300. The van der Waals surface area contributed by atoms with Gasteiger partial charge in [0, 0.05) is 22.3 Å². The molecule has 0 radical (unpaired) electrons. The van der Waals surface area contributed by atoms with Crippen LogP contribution in [0.25, 0.3) is 22.2 Å². The first kappa shape index (κ1) is 18.7. The van der Waals surface area contributed by atoms with Crippen LogP contribution in [0.4, 0.5) is 16.2 Å². The van der Waals surface area contributed by atoms with Crippen LogP contribution in [-0.2, 0) is 10.0 Å². The Morgan fingerprint density at radius 1 is 0.897 bits per heavy atom. The van der Waals surface area contributed by atoms with E-state index in [1.54, 1.807) is 42.5 Å². The maximum absolute atomic E-state index is 12.2. The molecule has 9 heteroatoms. The van der Waals surface area contributed by atoms with Crippen molar-refractivity contribution in [1.29, 1.82) is 0 Å². The minimum Gasteiger partial charge on any atom is -0.308 e. The van der Waals surface area contributed by atoms with E-state index in [1.807, 2.05) is 18.2 Å². The van der Waals surface area contributed by atoms with Crippen molar-refractivity contribution < 1.29 is 13.2 Å². The van der Waals surface area contributed by atoms with Crippen LogP contribution in [0.5, 0.6) is 0 Å². The fourth-order valence-corrected chi connectivity index (χ4v) is 3.51. The number of urea groups is 1. The van der Waals surface area contributed by atoms with Gasteiger partial charge in [-0.15, -0.1) is 0 Å². The zero-order valence-electron chi connectivity index (χ0n) is 15.1. The van der Waals surface area contributed by atoms with Crippen molar-refractivity contribution in [2.45, 2.75) is 4.90 Å². The quantitative estimate of drug-likeness (QED) is 0.412. The highest BCUT2D eigenvalue weighted by Crippen LogP contribution is 2.29. The lowest BCUT2D eigenvalue weighted by Crippen LogP contribution is -2.19. The first-order chi connectivity index (χ1) is 13.9. The van der Waals surface area contributed by atoms with Crippen LogP contribution >= 0.6 is 0 Å². The Morgan fingerprint density at radius 3 is 2.41 bits per heavy atom. The topological polar surface area (TPSA) is 130 Å². The van der Waals surface area contributed by atoms with E-state index in [0.717, 1.165) is 10.9 Å². The molecule has 0 bridgehead atoms. The molecule has 3 aromatic carbocycles. The molecule has 0 spiro atoms. The molecule has 29 heavy (non-hydrogen) atoms.